The Morgan fingerprint density at radius 1 is 1.02 bits per heavy atom. The van der Waals surface area contributed by atoms with E-state index >= 15 is 0 Å². The molecule has 0 aliphatic carbocycles. The number of hydrogen-bond donors (Lipinski definition) is 3. The minimum atomic E-state index is -2.97. The number of halogens is 2. The molecule has 0 atom stereocenters. The Kier molecular flexibility index (Phi) is 7.43. The zero-order valence-corrected chi connectivity index (χ0v) is 22.3. The number of aliphatic hydroxyl groups is 1. The molecule has 13 heteroatoms. The van der Waals surface area contributed by atoms with Crippen molar-refractivity contribution in [3.63, 3.8) is 0 Å². The number of nitrogens with one attached hydrogen (secondary N) is 2. The molecule has 40 heavy (non-hydrogen) atoms. The quantitative estimate of drug-likeness (QED) is 0.222. The van der Waals surface area contributed by atoms with Crippen molar-refractivity contribution < 1.29 is 32.2 Å². The van der Waals surface area contributed by atoms with Crippen molar-refractivity contribution in [1.29, 1.82) is 0 Å². The van der Waals surface area contributed by atoms with Gasteiger partial charge in [-0.15, -0.1) is 0 Å². The fourth-order valence-electron chi connectivity index (χ4n) is 3.83. The first-order valence-corrected chi connectivity index (χ1v) is 12.1. The maximum atomic E-state index is 13.7. The Morgan fingerprint density at radius 3 is 2.52 bits per heavy atom. The van der Waals surface area contributed by atoms with Crippen molar-refractivity contribution in [2.75, 3.05) is 31.9 Å². The molecule has 4 rings (SSSR count). The average molecular weight is 559 g/mol. The normalized spacial score (nSPS) is 12.8. The van der Waals surface area contributed by atoms with Crippen molar-refractivity contribution in [3.8, 4) is 28.4 Å². The van der Waals surface area contributed by atoms with Gasteiger partial charge in [0.25, 0.3) is 6.43 Å². The zero-order valence-electron chi connectivity index (χ0n) is 25.3. The molecule has 3 heterocycles. The van der Waals surface area contributed by atoms with Crippen LogP contribution in [0.1, 0.15) is 35.8 Å². The van der Waals surface area contributed by atoms with E-state index in [1.165, 1.54) is 43.4 Å². The van der Waals surface area contributed by atoms with E-state index in [0.717, 1.165) is 5.56 Å². The number of benzene rings is 1. The lowest BCUT2D eigenvalue weighted by Gasteiger charge is -2.16. The summed E-state index contributed by atoms with van der Waals surface area (Å²) in [6.45, 7) is 3.64. The topological polar surface area (TPSA) is 128 Å². The summed E-state index contributed by atoms with van der Waals surface area (Å²) in [5.74, 6) is 0.487. The van der Waals surface area contributed by atoms with Crippen LogP contribution in [-0.4, -0.2) is 56.7 Å². The van der Waals surface area contributed by atoms with E-state index in [4.69, 9.17) is 18.3 Å². The fraction of sp³-hybridized carbons (Fsp3) is 0.333. The summed E-state index contributed by atoms with van der Waals surface area (Å²) in [5.41, 5.74) is 0.501. The van der Waals surface area contributed by atoms with E-state index in [0.29, 0.717) is 22.6 Å². The molecular weight excluding hydrogens is 524 g/mol. The van der Waals surface area contributed by atoms with Crippen LogP contribution in [0.15, 0.2) is 48.9 Å². The molecule has 11 nitrogen and oxygen atoms in total. The molecule has 3 aromatic heterocycles. The summed E-state index contributed by atoms with van der Waals surface area (Å²) >= 11 is 0. The Hall–Kier alpha value is -4.52. The second-order valence-electron chi connectivity index (χ2n) is 9.36. The van der Waals surface area contributed by atoms with Gasteiger partial charge in [-0.2, -0.15) is 5.10 Å². The van der Waals surface area contributed by atoms with Gasteiger partial charge in [0, 0.05) is 53.8 Å². The van der Waals surface area contributed by atoms with Gasteiger partial charge in [0.05, 0.1) is 43.7 Å². The number of anilines is 3. The van der Waals surface area contributed by atoms with Crippen LogP contribution >= 0.6 is 0 Å². The third kappa shape index (κ3) is 7.11. The lowest BCUT2D eigenvalue weighted by Crippen LogP contribution is -2.26. The van der Waals surface area contributed by atoms with E-state index in [-0.39, 0.29) is 36.3 Å². The lowest BCUT2D eigenvalue weighted by atomic mass is 10.1. The number of alkyl halides is 2. The molecule has 0 spiro atoms. The Bertz CT molecular complexity index is 1560. The van der Waals surface area contributed by atoms with E-state index in [1.54, 1.807) is 38.2 Å². The molecule has 1 aromatic carbocycles. The van der Waals surface area contributed by atoms with Gasteiger partial charge >= 0.3 is 0 Å². The summed E-state index contributed by atoms with van der Waals surface area (Å²) in [4.78, 5) is 12.1. The third-order valence-corrected chi connectivity index (χ3v) is 5.62. The molecule has 0 saturated carbocycles. The molecule has 0 saturated heterocycles. The van der Waals surface area contributed by atoms with Gasteiger partial charge in [0.15, 0.2) is 5.82 Å². The van der Waals surface area contributed by atoms with Crippen molar-refractivity contribution in [2.45, 2.75) is 39.0 Å². The molecule has 0 amide bonds. The smallest absolute Gasteiger partial charge is 0.297 e. The molecule has 0 unspecified atom stereocenters. The Balaban J connectivity index is 1.61. The largest absolute Gasteiger partial charge is 0.497 e. The molecule has 3 N–H and O–H groups in total. The second kappa shape index (κ2) is 12.1. The summed E-state index contributed by atoms with van der Waals surface area (Å²) in [6.07, 6.45) is 1.49. The highest BCUT2D eigenvalue weighted by Gasteiger charge is 2.18. The van der Waals surface area contributed by atoms with E-state index < -0.39 is 24.9 Å². The van der Waals surface area contributed by atoms with Gasteiger partial charge < -0.3 is 30.0 Å². The number of rotatable bonds is 12. The first-order valence-electron chi connectivity index (χ1n) is 13.6. The third-order valence-electron chi connectivity index (χ3n) is 5.62. The average Bonchev–Trinajstić information content (AvgIpc) is 3.37. The van der Waals surface area contributed by atoms with Crippen LogP contribution in [0.2, 0.25) is 0 Å². The highest BCUT2D eigenvalue weighted by molar-refractivity contribution is 5.71. The SMILES string of the molecule is [2H]C([2H])([2H])Oc1cc(Nc2cc(NCc3ccc(OC)cc3OC)nc(C(F)F)n2)ncc1-c1cnn(CC(C)(C)O)c1. The molecule has 0 radical (unpaired) electrons. The second-order valence-corrected chi connectivity index (χ2v) is 9.36. The van der Waals surface area contributed by atoms with Gasteiger partial charge in [-0.25, -0.2) is 23.7 Å². The summed E-state index contributed by atoms with van der Waals surface area (Å²) in [6, 6.07) is 7.92. The predicted molar refractivity (Wildman–Crippen MR) is 145 cm³/mol. The van der Waals surface area contributed by atoms with Crippen LogP contribution in [-0.2, 0) is 13.1 Å². The zero-order chi connectivity index (χ0) is 31.4. The summed E-state index contributed by atoms with van der Waals surface area (Å²) in [7, 11) is 0.236. The maximum absolute atomic E-state index is 13.7. The number of nitrogens with zero attached hydrogens (tertiary/aromatic N) is 5. The van der Waals surface area contributed by atoms with E-state index in [2.05, 4.69) is 30.7 Å². The van der Waals surface area contributed by atoms with Crippen molar-refractivity contribution in [2.24, 2.45) is 0 Å². The van der Waals surface area contributed by atoms with Gasteiger partial charge in [-0.3, -0.25) is 4.68 Å². The molecule has 4 aromatic rings. The minimum Gasteiger partial charge on any atom is -0.497 e. The number of hydrogen-bond acceptors (Lipinski definition) is 10. The van der Waals surface area contributed by atoms with Gasteiger partial charge in [0.2, 0.25) is 0 Å². The van der Waals surface area contributed by atoms with E-state index in [9.17, 15) is 13.9 Å². The van der Waals surface area contributed by atoms with E-state index in [1.807, 2.05) is 0 Å². The summed E-state index contributed by atoms with van der Waals surface area (Å²) < 4.78 is 67.5. The molecular formula is C27H31F2N7O4. The summed E-state index contributed by atoms with van der Waals surface area (Å²) in [5, 5.41) is 20.1. The fourth-order valence-corrected chi connectivity index (χ4v) is 3.83. The van der Waals surface area contributed by atoms with Gasteiger partial charge in [-0.1, -0.05) is 0 Å². The first kappa shape index (κ1) is 24.5. The van der Waals surface area contributed by atoms with Crippen molar-refractivity contribution >= 4 is 17.5 Å². The Labute approximate surface area is 234 Å². The molecule has 0 fully saturated rings. The number of aromatic nitrogens is 5. The van der Waals surface area contributed by atoms with Gasteiger partial charge in [0.1, 0.15) is 34.7 Å². The van der Waals surface area contributed by atoms with Crippen molar-refractivity contribution in [1.82, 2.24) is 24.7 Å². The number of pyridine rings is 1. The molecule has 0 bridgehead atoms. The van der Waals surface area contributed by atoms with Crippen LogP contribution in [0.5, 0.6) is 17.2 Å². The van der Waals surface area contributed by atoms with Crippen LogP contribution in [0, 0.1) is 0 Å². The standard InChI is InChI=1S/C27H31F2N7O4/c1-27(2,37)15-36-14-17(12-32-36)19-13-31-22(9-21(19)40-5)33-24-10-23(34-26(35-24)25(28)29)30-11-16-6-7-18(38-3)8-20(16)39-4/h6-10,12-14,25,37H,11,15H2,1-5H3,(H2,30,31,33,34,35)/i5D3. The highest BCUT2D eigenvalue weighted by Crippen LogP contribution is 2.32. The van der Waals surface area contributed by atoms with Gasteiger partial charge in [-0.05, 0) is 26.0 Å². The molecule has 0 aliphatic rings. The van der Waals surface area contributed by atoms with Crippen LogP contribution in [0.3, 0.4) is 0 Å². The minimum absolute atomic E-state index is 0.0208. The van der Waals surface area contributed by atoms with Crippen LogP contribution in [0.25, 0.3) is 11.1 Å². The number of methoxy groups -OCH3 is 3. The monoisotopic (exact) mass is 558 g/mol. The lowest BCUT2D eigenvalue weighted by molar-refractivity contribution is 0.0577. The molecule has 212 valence electrons. The number of ether oxygens (including phenoxy) is 3. The van der Waals surface area contributed by atoms with Crippen LogP contribution in [0.4, 0.5) is 26.2 Å². The highest BCUT2D eigenvalue weighted by atomic mass is 19.3. The molecule has 0 aliphatic heterocycles. The van der Waals surface area contributed by atoms with Crippen LogP contribution < -0.4 is 24.8 Å². The Morgan fingerprint density at radius 2 is 1.82 bits per heavy atom. The maximum Gasteiger partial charge on any atom is 0.297 e. The predicted octanol–water partition coefficient (Wildman–Crippen LogP) is 4.83. The van der Waals surface area contributed by atoms with Crippen molar-refractivity contribution in [3.05, 3.63) is 60.3 Å². The first-order chi connectivity index (χ1) is 20.2.